The van der Waals surface area contributed by atoms with E-state index >= 15 is 0 Å². The Morgan fingerprint density at radius 1 is 1.22 bits per heavy atom. The van der Waals surface area contributed by atoms with Crippen molar-refractivity contribution in [3.8, 4) is 0 Å². The molecule has 0 aliphatic carbocycles. The number of aromatic nitrogens is 1. The van der Waals surface area contributed by atoms with E-state index in [1.165, 1.54) is 0 Å². The first kappa shape index (κ1) is 15.9. The van der Waals surface area contributed by atoms with Gasteiger partial charge in [-0.3, -0.25) is 9.78 Å². The highest BCUT2D eigenvalue weighted by Crippen LogP contribution is 2.28. The zero-order valence-corrected chi connectivity index (χ0v) is 14.4. The van der Waals surface area contributed by atoms with Crippen LogP contribution in [0.2, 0.25) is 0 Å². The third-order valence-corrected chi connectivity index (χ3v) is 4.62. The number of morpholine rings is 1. The summed E-state index contributed by atoms with van der Waals surface area (Å²) in [5.74, 6) is 0.109. The molecule has 1 aliphatic rings. The van der Waals surface area contributed by atoms with E-state index < -0.39 is 0 Å². The van der Waals surface area contributed by atoms with Gasteiger partial charge in [0.1, 0.15) is 0 Å². The van der Waals surface area contributed by atoms with Crippen LogP contribution in [0.1, 0.15) is 39.7 Å². The number of carbonyl (C=O) groups is 1. The van der Waals surface area contributed by atoms with Gasteiger partial charge in [-0.2, -0.15) is 0 Å². The summed E-state index contributed by atoms with van der Waals surface area (Å²) in [6.45, 7) is 10.8. The molecule has 1 fully saturated rings. The monoisotopic (exact) mass is 312 g/mol. The molecule has 0 N–H and O–H groups in total. The number of amides is 1. The summed E-state index contributed by atoms with van der Waals surface area (Å²) in [5.41, 5.74) is 6.10. The number of carbonyl (C=O) groups excluding carboxylic acids is 1. The summed E-state index contributed by atoms with van der Waals surface area (Å²) < 4.78 is 5.38. The van der Waals surface area contributed by atoms with Crippen molar-refractivity contribution in [3.05, 3.63) is 40.1 Å². The molecule has 0 spiro atoms. The Bertz CT molecular complexity index is 762. The quantitative estimate of drug-likeness (QED) is 0.855. The minimum absolute atomic E-state index is 0.109. The lowest BCUT2D eigenvalue weighted by Gasteiger charge is -2.28. The van der Waals surface area contributed by atoms with Crippen LogP contribution in [-0.4, -0.2) is 42.1 Å². The van der Waals surface area contributed by atoms with Gasteiger partial charge in [0.25, 0.3) is 5.91 Å². The first-order valence-electron chi connectivity index (χ1n) is 8.30. The number of pyridine rings is 1. The normalized spacial score (nSPS) is 15.2. The number of hydrogen-bond donors (Lipinski definition) is 0. The Balaban J connectivity index is 2.24. The SMILES string of the molecule is CCc1nc2c(C)cc(C)cc2c(C(=O)N2CCOCC2)c1C. The van der Waals surface area contributed by atoms with Gasteiger partial charge < -0.3 is 9.64 Å². The molecule has 1 aromatic carbocycles. The number of ether oxygens (including phenoxy) is 1. The first-order chi connectivity index (χ1) is 11.0. The molecule has 4 heteroatoms. The number of aryl methyl sites for hydroxylation is 3. The molecule has 122 valence electrons. The van der Waals surface area contributed by atoms with Crippen LogP contribution >= 0.6 is 0 Å². The van der Waals surface area contributed by atoms with E-state index in [4.69, 9.17) is 9.72 Å². The molecule has 0 atom stereocenters. The first-order valence-corrected chi connectivity index (χ1v) is 8.30. The van der Waals surface area contributed by atoms with Crippen molar-refractivity contribution in [2.45, 2.75) is 34.1 Å². The summed E-state index contributed by atoms with van der Waals surface area (Å²) in [5, 5.41) is 0.980. The van der Waals surface area contributed by atoms with E-state index in [1.54, 1.807) is 0 Å². The maximum absolute atomic E-state index is 13.2. The van der Waals surface area contributed by atoms with Crippen LogP contribution in [0.15, 0.2) is 12.1 Å². The topological polar surface area (TPSA) is 42.4 Å². The van der Waals surface area contributed by atoms with Crippen LogP contribution in [-0.2, 0) is 11.2 Å². The predicted molar refractivity (Wildman–Crippen MR) is 92.1 cm³/mol. The molecule has 2 heterocycles. The van der Waals surface area contributed by atoms with Crippen LogP contribution in [0.3, 0.4) is 0 Å². The van der Waals surface area contributed by atoms with Crippen molar-refractivity contribution in [2.24, 2.45) is 0 Å². The molecule has 4 nitrogen and oxygen atoms in total. The van der Waals surface area contributed by atoms with Crippen LogP contribution in [0, 0.1) is 20.8 Å². The third kappa shape index (κ3) is 2.83. The minimum Gasteiger partial charge on any atom is -0.378 e. The molecule has 0 bridgehead atoms. The summed E-state index contributed by atoms with van der Waals surface area (Å²) in [6.07, 6.45) is 0.832. The van der Waals surface area contributed by atoms with Crippen LogP contribution in [0.25, 0.3) is 10.9 Å². The molecule has 3 rings (SSSR count). The van der Waals surface area contributed by atoms with Crippen molar-refractivity contribution >= 4 is 16.8 Å². The highest BCUT2D eigenvalue weighted by atomic mass is 16.5. The van der Waals surface area contributed by atoms with Gasteiger partial charge in [0, 0.05) is 24.2 Å². The maximum atomic E-state index is 13.2. The fourth-order valence-corrected chi connectivity index (χ4v) is 3.41. The van der Waals surface area contributed by atoms with Crippen LogP contribution in [0.4, 0.5) is 0 Å². The van der Waals surface area contributed by atoms with Gasteiger partial charge in [0.15, 0.2) is 0 Å². The summed E-state index contributed by atoms with van der Waals surface area (Å²) in [4.78, 5) is 19.9. The van der Waals surface area contributed by atoms with Crippen LogP contribution < -0.4 is 0 Å². The van der Waals surface area contributed by atoms with E-state index in [1.807, 2.05) is 11.8 Å². The Morgan fingerprint density at radius 3 is 2.57 bits per heavy atom. The second kappa shape index (κ2) is 6.28. The van der Waals surface area contributed by atoms with Gasteiger partial charge in [0.2, 0.25) is 0 Å². The fourth-order valence-electron chi connectivity index (χ4n) is 3.41. The molecule has 0 radical (unpaired) electrons. The summed E-state index contributed by atoms with van der Waals surface area (Å²) >= 11 is 0. The standard InChI is InChI=1S/C19H24N2O2/c1-5-16-14(4)17(19(22)21-6-8-23-9-7-21)15-11-12(2)10-13(3)18(15)20-16/h10-11H,5-9H2,1-4H3. The number of fused-ring (bicyclic) bond motifs is 1. The number of rotatable bonds is 2. The largest absolute Gasteiger partial charge is 0.378 e. The lowest BCUT2D eigenvalue weighted by Crippen LogP contribution is -2.41. The molecule has 1 aliphatic heterocycles. The Morgan fingerprint density at radius 2 is 1.91 bits per heavy atom. The Kier molecular flexibility index (Phi) is 4.35. The molecular weight excluding hydrogens is 288 g/mol. The van der Waals surface area contributed by atoms with Gasteiger partial charge in [-0.25, -0.2) is 0 Å². The lowest BCUT2D eigenvalue weighted by molar-refractivity contribution is 0.0303. The highest BCUT2D eigenvalue weighted by molar-refractivity contribution is 6.08. The zero-order chi connectivity index (χ0) is 16.6. The minimum atomic E-state index is 0.109. The van der Waals surface area contributed by atoms with Crippen molar-refractivity contribution in [2.75, 3.05) is 26.3 Å². The van der Waals surface area contributed by atoms with Crippen molar-refractivity contribution < 1.29 is 9.53 Å². The fraction of sp³-hybridized carbons (Fsp3) is 0.474. The van der Waals surface area contributed by atoms with E-state index in [0.29, 0.717) is 26.3 Å². The maximum Gasteiger partial charge on any atom is 0.255 e. The summed E-state index contributed by atoms with van der Waals surface area (Å²) in [6, 6.07) is 4.22. The predicted octanol–water partition coefficient (Wildman–Crippen LogP) is 3.19. The van der Waals surface area contributed by atoms with Crippen molar-refractivity contribution in [1.82, 2.24) is 9.88 Å². The molecule has 1 saturated heterocycles. The van der Waals surface area contributed by atoms with Crippen LogP contribution in [0.5, 0.6) is 0 Å². The molecule has 0 unspecified atom stereocenters. The Hall–Kier alpha value is -1.94. The number of hydrogen-bond acceptors (Lipinski definition) is 3. The summed E-state index contributed by atoms with van der Waals surface area (Å²) in [7, 11) is 0. The smallest absolute Gasteiger partial charge is 0.255 e. The number of benzene rings is 1. The van der Waals surface area contributed by atoms with Gasteiger partial charge in [-0.1, -0.05) is 18.6 Å². The average Bonchev–Trinajstić information content (AvgIpc) is 2.54. The van der Waals surface area contributed by atoms with E-state index in [9.17, 15) is 4.79 Å². The Labute approximate surface area is 137 Å². The third-order valence-electron chi connectivity index (χ3n) is 4.62. The molecule has 2 aromatic rings. The molecular formula is C19H24N2O2. The van der Waals surface area contributed by atoms with E-state index in [-0.39, 0.29) is 5.91 Å². The lowest BCUT2D eigenvalue weighted by atomic mass is 9.96. The number of nitrogens with zero attached hydrogens (tertiary/aromatic N) is 2. The highest BCUT2D eigenvalue weighted by Gasteiger charge is 2.24. The van der Waals surface area contributed by atoms with Gasteiger partial charge in [0.05, 0.1) is 24.3 Å². The second-order valence-corrected chi connectivity index (χ2v) is 6.29. The second-order valence-electron chi connectivity index (χ2n) is 6.29. The van der Waals surface area contributed by atoms with E-state index in [2.05, 4.69) is 32.9 Å². The molecule has 0 saturated carbocycles. The van der Waals surface area contributed by atoms with Gasteiger partial charge in [-0.15, -0.1) is 0 Å². The zero-order valence-electron chi connectivity index (χ0n) is 14.4. The van der Waals surface area contributed by atoms with E-state index in [0.717, 1.165) is 45.3 Å². The average molecular weight is 312 g/mol. The molecule has 23 heavy (non-hydrogen) atoms. The molecule has 1 amide bonds. The van der Waals surface area contributed by atoms with Gasteiger partial charge in [-0.05, 0) is 44.4 Å². The van der Waals surface area contributed by atoms with Crippen molar-refractivity contribution in [3.63, 3.8) is 0 Å². The van der Waals surface area contributed by atoms with Crippen molar-refractivity contribution in [1.29, 1.82) is 0 Å². The van der Waals surface area contributed by atoms with Gasteiger partial charge >= 0.3 is 0 Å². The molecule has 1 aromatic heterocycles.